The molecule has 1 fully saturated rings. The van der Waals surface area contributed by atoms with Crippen LogP contribution in [-0.2, 0) is 0 Å². The van der Waals surface area contributed by atoms with Gasteiger partial charge in [0, 0.05) is 38.6 Å². The van der Waals surface area contributed by atoms with Crippen LogP contribution in [0, 0.1) is 5.82 Å². The Labute approximate surface area is 164 Å². The van der Waals surface area contributed by atoms with Gasteiger partial charge in [0.1, 0.15) is 17.2 Å². The molecule has 3 heterocycles. The number of benzene rings is 1. The van der Waals surface area contributed by atoms with Gasteiger partial charge in [0.2, 0.25) is 5.43 Å². The van der Waals surface area contributed by atoms with Gasteiger partial charge in [-0.15, -0.1) is 0 Å². The number of carboxylic acid groups (broad SMARTS) is 1. The van der Waals surface area contributed by atoms with Crippen molar-refractivity contribution in [3.8, 4) is 5.82 Å². The Bertz CT molecular complexity index is 1130. The summed E-state index contributed by atoms with van der Waals surface area (Å²) in [6.45, 7) is 2.48. The molecule has 0 bridgehead atoms. The zero-order valence-electron chi connectivity index (χ0n) is 14.7. The molecule has 1 aromatic carbocycles. The lowest BCUT2D eigenvalue weighted by molar-refractivity contribution is 0.0695. The summed E-state index contributed by atoms with van der Waals surface area (Å²) >= 11 is 6.60. The molecule has 0 amide bonds. The van der Waals surface area contributed by atoms with E-state index in [-0.39, 0.29) is 21.6 Å². The van der Waals surface area contributed by atoms with Crippen LogP contribution in [0.4, 0.5) is 10.1 Å². The summed E-state index contributed by atoms with van der Waals surface area (Å²) in [5.41, 5.74) is -0.848. The Kier molecular flexibility index (Phi) is 4.74. The summed E-state index contributed by atoms with van der Waals surface area (Å²) in [4.78, 5) is 30.3. The van der Waals surface area contributed by atoms with Crippen molar-refractivity contribution in [2.45, 2.75) is 0 Å². The van der Waals surface area contributed by atoms with Gasteiger partial charge >= 0.3 is 5.97 Å². The standard InChI is InChI=1S/C19H16ClFN4O3/c20-15-16-11(9-13(21)17(15)24-7-5-22-6-8-24)18(26)12(19(27)28)10-25(16)14-3-1-2-4-23-14/h1-4,9-10,22H,5-8H2,(H,27,28). The Balaban J connectivity index is 2.09. The third kappa shape index (κ3) is 3.00. The largest absolute Gasteiger partial charge is 0.477 e. The highest BCUT2D eigenvalue weighted by Crippen LogP contribution is 2.36. The lowest BCUT2D eigenvalue weighted by atomic mass is 10.1. The topological polar surface area (TPSA) is 87.5 Å². The van der Waals surface area contributed by atoms with E-state index in [1.807, 2.05) is 4.90 Å². The van der Waals surface area contributed by atoms with Gasteiger partial charge in [0.25, 0.3) is 0 Å². The molecule has 7 nitrogen and oxygen atoms in total. The fourth-order valence-electron chi connectivity index (χ4n) is 3.41. The van der Waals surface area contributed by atoms with Crippen molar-refractivity contribution < 1.29 is 14.3 Å². The zero-order valence-corrected chi connectivity index (χ0v) is 15.4. The number of aromatic nitrogens is 2. The maximum atomic E-state index is 15.0. The number of halogens is 2. The van der Waals surface area contributed by atoms with Gasteiger partial charge in [0.15, 0.2) is 0 Å². The molecule has 2 aromatic heterocycles. The second kappa shape index (κ2) is 7.21. The van der Waals surface area contributed by atoms with Crippen LogP contribution < -0.4 is 15.6 Å². The fourth-order valence-corrected chi connectivity index (χ4v) is 3.81. The number of fused-ring (bicyclic) bond motifs is 1. The Morgan fingerprint density at radius 2 is 2.04 bits per heavy atom. The van der Waals surface area contributed by atoms with E-state index >= 15 is 0 Å². The average molecular weight is 403 g/mol. The van der Waals surface area contributed by atoms with Crippen LogP contribution in [-0.4, -0.2) is 46.8 Å². The summed E-state index contributed by atoms with van der Waals surface area (Å²) in [6, 6.07) is 6.15. The lowest BCUT2D eigenvalue weighted by Gasteiger charge is -2.31. The van der Waals surface area contributed by atoms with Gasteiger partial charge in [-0.1, -0.05) is 17.7 Å². The highest BCUT2D eigenvalue weighted by atomic mass is 35.5. The minimum Gasteiger partial charge on any atom is -0.477 e. The van der Waals surface area contributed by atoms with Crippen molar-refractivity contribution in [3.63, 3.8) is 0 Å². The van der Waals surface area contributed by atoms with Crippen LogP contribution in [0.1, 0.15) is 10.4 Å². The van der Waals surface area contributed by atoms with E-state index in [4.69, 9.17) is 11.6 Å². The summed E-state index contributed by atoms with van der Waals surface area (Å²) in [7, 11) is 0. The third-order valence-electron chi connectivity index (χ3n) is 4.72. The van der Waals surface area contributed by atoms with Crippen LogP contribution in [0.5, 0.6) is 0 Å². The van der Waals surface area contributed by atoms with Crippen LogP contribution in [0.15, 0.2) is 41.5 Å². The van der Waals surface area contributed by atoms with E-state index in [9.17, 15) is 19.1 Å². The molecule has 144 valence electrons. The van der Waals surface area contributed by atoms with E-state index in [0.29, 0.717) is 32.0 Å². The van der Waals surface area contributed by atoms with Crippen molar-refractivity contribution >= 4 is 34.2 Å². The molecule has 0 aliphatic carbocycles. The normalized spacial score (nSPS) is 14.4. The fraction of sp³-hybridized carbons (Fsp3) is 0.211. The van der Waals surface area contributed by atoms with Crippen LogP contribution in [0.2, 0.25) is 5.02 Å². The minimum atomic E-state index is -1.40. The predicted molar refractivity (Wildman–Crippen MR) is 104 cm³/mol. The van der Waals surface area contributed by atoms with Crippen LogP contribution in [0.3, 0.4) is 0 Å². The van der Waals surface area contributed by atoms with Gasteiger partial charge < -0.3 is 15.3 Å². The van der Waals surface area contributed by atoms with Gasteiger partial charge in [0.05, 0.1) is 21.6 Å². The molecule has 0 saturated carbocycles. The lowest BCUT2D eigenvalue weighted by Crippen LogP contribution is -2.44. The van der Waals surface area contributed by atoms with Crippen LogP contribution >= 0.6 is 11.6 Å². The van der Waals surface area contributed by atoms with Gasteiger partial charge in [-0.3, -0.25) is 9.36 Å². The molecule has 0 unspecified atom stereocenters. The van der Waals surface area contributed by atoms with Crippen molar-refractivity contribution in [3.05, 3.63) is 63.3 Å². The SMILES string of the molecule is O=C(O)c1cn(-c2ccccn2)c2c(Cl)c(N3CCNCC3)c(F)cc2c1=O. The molecule has 1 saturated heterocycles. The van der Waals surface area contributed by atoms with Crippen molar-refractivity contribution in [2.75, 3.05) is 31.1 Å². The zero-order chi connectivity index (χ0) is 19.8. The van der Waals surface area contributed by atoms with Crippen molar-refractivity contribution in [1.29, 1.82) is 0 Å². The third-order valence-corrected chi connectivity index (χ3v) is 5.07. The molecule has 4 rings (SSSR count). The smallest absolute Gasteiger partial charge is 0.341 e. The van der Waals surface area contributed by atoms with E-state index in [2.05, 4.69) is 10.3 Å². The molecule has 0 radical (unpaired) electrons. The highest BCUT2D eigenvalue weighted by molar-refractivity contribution is 6.38. The first-order valence-corrected chi connectivity index (χ1v) is 9.04. The molecule has 2 N–H and O–H groups in total. The van der Waals surface area contributed by atoms with Gasteiger partial charge in [-0.25, -0.2) is 14.2 Å². The number of hydrogen-bond acceptors (Lipinski definition) is 5. The first kappa shape index (κ1) is 18.4. The second-order valence-electron chi connectivity index (χ2n) is 6.39. The number of rotatable bonds is 3. The maximum Gasteiger partial charge on any atom is 0.341 e. The Hall–Kier alpha value is -2.97. The molecular weight excluding hydrogens is 387 g/mol. The molecule has 9 heteroatoms. The number of carboxylic acids is 1. The molecule has 3 aromatic rings. The number of piperazine rings is 1. The van der Waals surface area contributed by atoms with Crippen molar-refractivity contribution in [2.24, 2.45) is 0 Å². The van der Waals surface area contributed by atoms with E-state index < -0.39 is 22.8 Å². The van der Waals surface area contributed by atoms with Gasteiger partial charge in [-0.2, -0.15) is 0 Å². The number of nitrogens with one attached hydrogen (secondary N) is 1. The summed E-state index contributed by atoms with van der Waals surface area (Å²) in [5, 5.41) is 12.6. The minimum absolute atomic E-state index is 0.0524. The monoisotopic (exact) mass is 402 g/mol. The van der Waals surface area contributed by atoms with E-state index in [0.717, 1.165) is 6.07 Å². The quantitative estimate of drug-likeness (QED) is 0.699. The summed E-state index contributed by atoms with van der Waals surface area (Å²) < 4.78 is 16.4. The number of aromatic carboxylic acids is 1. The van der Waals surface area contributed by atoms with Gasteiger partial charge in [-0.05, 0) is 18.2 Å². The second-order valence-corrected chi connectivity index (χ2v) is 6.77. The maximum absolute atomic E-state index is 15.0. The first-order chi connectivity index (χ1) is 13.5. The molecular formula is C19H16ClFN4O3. The number of anilines is 1. The number of carbonyl (C=O) groups is 1. The highest BCUT2D eigenvalue weighted by Gasteiger charge is 2.25. The molecule has 28 heavy (non-hydrogen) atoms. The predicted octanol–water partition coefficient (Wildman–Crippen LogP) is 2.29. The van der Waals surface area contributed by atoms with E-state index in [1.165, 1.54) is 17.0 Å². The number of nitrogens with zero attached hydrogens (tertiary/aromatic N) is 3. The molecule has 0 spiro atoms. The summed E-state index contributed by atoms with van der Waals surface area (Å²) in [6.07, 6.45) is 2.72. The Morgan fingerprint density at radius 3 is 2.68 bits per heavy atom. The Morgan fingerprint density at radius 1 is 1.29 bits per heavy atom. The molecule has 1 aliphatic rings. The molecule has 1 aliphatic heterocycles. The van der Waals surface area contributed by atoms with E-state index in [1.54, 1.807) is 18.2 Å². The number of pyridine rings is 2. The molecule has 0 atom stereocenters. The first-order valence-electron chi connectivity index (χ1n) is 8.66. The van der Waals surface area contributed by atoms with Crippen LogP contribution in [0.25, 0.3) is 16.7 Å². The number of hydrogen-bond donors (Lipinski definition) is 2. The average Bonchev–Trinajstić information content (AvgIpc) is 2.70. The van der Waals surface area contributed by atoms with Crippen molar-refractivity contribution in [1.82, 2.24) is 14.9 Å². The summed E-state index contributed by atoms with van der Waals surface area (Å²) in [5.74, 6) is -1.69.